The van der Waals surface area contributed by atoms with E-state index in [-0.39, 0.29) is 5.56 Å². The Bertz CT molecular complexity index is 1050. The minimum atomic E-state index is -0.657. The lowest BCUT2D eigenvalue weighted by atomic mass is 10.1. The quantitative estimate of drug-likeness (QED) is 0.687. The number of para-hydroxylation sites is 1. The summed E-state index contributed by atoms with van der Waals surface area (Å²) in [5.41, 5.74) is 0.911. The molecule has 1 saturated heterocycles. The molecule has 0 N–H and O–H groups in total. The van der Waals surface area contributed by atoms with Gasteiger partial charge in [-0.25, -0.2) is 4.79 Å². The maximum atomic E-state index is 12.3. The van der Waals surface area contributed by atoms with Crippen LogP contribution in [0.15, 0.2) is 62.4 Å². The summed E-state index contributed by atoms with van der Waals surface area (Å²) >= 11 is 6.29. The molecule has 0 aliphatic carbocycles. The van der Waals surface area contributed by atoms with Crippen molar-refractivity contribution in [2.75, 3.05) is 36.0 Å². The fraction of sp³-hybridized carbons (Fsp3) is 0.200. The van der Waals surface area contributed by atoms with Crippen molar-refractivity contribution in [2.45, 2.75) is 0 Å². The van der Waals surface area contributed by atoms with Crippen LogP contribution in [0.4, 0.5) is 11.4 Å². The minimum absolute atomic E-state index is 0.0106. The van der Waals surface area contributed by atoms with Crippen LogP contribution in [-0.2, 0) is 0 Å². The van der Waals surface area contributed by atoms with E-state index in [9.17, 15) is 10.1 Å². The Hall–Kier alpha value is -3.17. The molecule has 136 valence electrons. The van der Waals surface area contributed by atoms with Gasteiger partial charge >= 0.3 is 5.63 Å². The van der Waals surface area contributed by atoms with Gasteiger partial charge < -0.3 is 18.6 Å². The number of anilines is 2. The van der Waals surface area contributed by atoms with E-state index in [2.05, 4.69) is 4.90 Å². The summed E-state index contributed by atoms with van der Waals surface area (Å²) in [6, 6.07) is 14.8. The van der Waals surface area contributed by atoms with Gasteiger partial charge in [0.25, 0.3) is 0 Å². The van der Waals surface area contributed by atoms with Crippen LogP contribution < -0.4 is 15.4 Å². The van der Waals surface area contributed by atoms with Crippen molar-refractivity contribution in [3.8, 4) is 17.6 Å². The highest BCUT2D eigenvalue weighted by Gasteiger charge is 2.24. The molecule has 0 amide bonds. The van der Waals surface area contributed by atoms with Crippen molar-refractivity contribution in [1.82, 2.24) is 0 Å². The lowest BCUT2D eigenvalue weighted by Gasteiger charge is -2.37. The molecule has 4 rings (SSSR count). The molecule has 2 aromatic heterocycles. The predicted molar refractivity (Wildman–Crippen MR) is 103 cm³/mol. The minimum Gasteiger partial charge on any atom is -0.461 e. The van der Waals surface area contributed by atoms with Gasteiger partial charge in [-0.05, 0) is 24.3 Å². The van der Waals surface area contributed by atoms with E-state index < -0.39 is 5.63 Å². The molecule has 27 heavy (non-hydrogen) atoms. The first kappa shape index (κ1) is 17.3. The first-order valence-corrected chi connectivity index (χ1v) is 8.91. The van der Waals surface area contributed by atoms with Crippen molar-refractivity contribution in [1.29, 1.82) is 5.26 Å². The van der Waals surface area contributed by atoms with Crippen molar-refractivity contribution in [2.24, 2.45) is 0 Å². The van der Waals surface area contributed by atoms with Crippen LogP contribution in [0.5, 0.6) is 0 Å². The Labute approximate surface area is 160 Å². The van der Waals surface area contributed by atoms with Gasteiger partial charge in [0.05, 0.1) is 22.7 Å². The van der Waals surface area contributed by atoms with Gasteiger partial charge in [-0.15, -0.1) is 0 Å². The summed E-state index contributed by atoms with van der Waals surface area (Å²) in [4.78, 5) is 16.5. The molecular weight excluding hydrogens is 366 g/mol. The molecule has 1 aliphatic rings. The van der Waals surface area contributed by atoms with E-state index in [4.69, 9.17) is 20.4 Å². The first-order chi connectivity index (χ1) is 13.2. The summed E-state index contributed by atoms with van der Waals surface area (Å²) in [7, 11) is 0. The SMILES string of the molecule is N#Cc1c(N2CCN(c3ccccc3Cl)CC2)cc(-c2ccco2)oc1=O. The van der Waals surface area contributed by atoms with E-state index >= 15 is 0 Å². The van der Waals surface area contributed by atoms with Gasteiger partial charge in [-0.2, -0.15) is 5.26 Å². The molecule has 6 nitrogen and oxygen atoms in total. The van der Waals surface area contributed by atoms with Crippen LogP contribution in [0.25, 0.3) is 11.5 Å². The van der Waals surface area contributed by atoms with Crippen molar-refractivity contribution in [3.63, 3.8) is 0 Å². The summed E-state index contributed by atoms with van der Waals surface area (Å²) in [6.45, 7) is 2.76. The third-order valence-electron chi connectivity index (χ3n) is 4.62. The predicted octanol–water partition coefficient (Wildman–Crippen LogP) is 3.75. The number of hydrogen-bond acceptors (Lipinski definition) is 6. The smallest absolute Gasteiger partial charge is 0.356 e. The van der Waals surface area contributed by atoms with Crippen molar-refractivity contribution >= 4 is 23.0 Å². The topological polar surface area (TPSA) is 73.6 Å². The maximum Gasteiger partial charge on any atom is 0.356 e. The molecule has 0 unspecified atom stereocenters. The second-order valence-electron chi connectivity index (χ2n) is 6.17. The summed E-state index contributed by atoms with van der Waals surface area (Å²) in [5, 5.41) is 10.1. The number of nitriles is 1. The summed E-state index contributed by atoms with van der Waals surface area (Å²) in [5.74, 6) is 0.764. The normalized spacial score (nSPS) is 14.2. The number of rotatable bonds is 3. The Morgan fingerprint density at radius 1 is 0.963 bits per heavy atom. The van der Waals surface area contributed by atoms with Gasteiger partial charge in [-0.3, -0.25) is 0 Å². The molecule has 1 fully saturated rings. The number of furan rings is 1. The third kappa shape index (κ3) is 3.29. The zero-order valence-corrected chi connectivity index (χ0v) is 15.1. The highest BCUT2D eigenvalue weighted by molar-refractivity contribution is 6.33. The zero-order chi connectivity index (χ0) is 18.8. The van der Waals surface area contributed by atoms with Gasteiger partial charge in [-0.1, -0.05) is 23.7 Å². The lowest BCUT2D eigenvalue weighted by Crippen LogP contribution is -2.47. The third-order valence-corrected chi connectivity index (χ3v) is 4.94. The monoisotopic (exact) mass is 381 g/mol. The molecule has 1 aliphatic heterocycles. The number of halogens is 1. The average Bonchev–Trinajstić information content (AvgIpc) is 3.23. The molecule has 3 heterocycles. The first-order valence-electron chi connectivity index (χ1n) is 8.54. The molecule has 3 aromatic rings. The Balaban J connectivity index is 1.62. The zero-order valence-electron chi connectivity index (χ0n) is 14.4. The Morgan fingerprint density at radius 2 is 1.67 bits per heavy atom. The number of piperazine rings is 1. The number of hydrogen-bond donors (Lipinski definition) is 0. The second-order valence-corrected chi connectivity index (χ2v) is 6.58. The van der Waals surface area contributed by atoms with E-state index in [0.717, 1.165) is 18.8 Å². The van der Waals surface area contributed by atoms with Crippen molar-refractivity contribution in [3.05, 3.63) is 69.7 Å². The van der Waals surface area contributed by atoms with Gasteiger partial charge in [0, 0.05) is 32.2 Å². The van der Waals surface area contributed by atoms with Crippen LogP contribution in [-0.4, -0.2) is 26.2 Å². The second kappa shape index (κ2) is 7.22. The largest absolute Gasteiger partial charge is 0.461 e. The number of nitrogens with zero attached hydrogens (tertiary/aromatic N) is 3. The van der Waals surface area contributed by atoms with Crippen LogP contribution in [0.2, 0.25) is 5.02 Å². The number of benzene rings is 1. The summed E-state index contributed by atoms with van der Waals surface area (Å²) < 4.78 is 10.6. The van der Waals surface area contributed by atoms with E-state index in [1.54, 1.807) is 18.2 Å². The maximum absolute atomic E-state index is 12.3. The molecule has 0 saturated carbocycles. The van der Waals surface area contributed by atoms with Gasteiger partial charge in [0.1, 0.15) is 6.07 Å². The highest BCUT2D eigenvalue weighted by atomic mass is 35.5. The van der Waals surface area contributed by atoms with Crippen LogP contribution >= 0.6 is 11.6 Å². The average molecular weight is 382 g/mol. The van der Waals surface area contributed by atoms with Gasteiger partial charge in [0.2, 0.25) is 0 Å². The van der Waals surface area contributed by atoms with Crippen molar-refractivity contribution < 1.29 is 8.83 Å². The van der Waals surface area contributed by atoms with Gasteiger partial charge in [0.15, 0.2) is 17.1 Å². The van der Waals surface area contributed by atoms with E-state index in [1.807, 2.05) is 35.2 Å². The molecule has 0 atom stereocenters. The standard InChI is InChI=1S/C20H16ClN3O3/c21-15-4-1-2-5-16(15)23-7-9-24(10-8-23)17-12-19(18-6-3-11-26-18)27-20(25)14(17)13-22/h1-6,11-12H,7-10H2. The molecule has 0 radical (unpaired) electrons. The molecule has 1 aromatic carbocycles. The molecular formula is C20H16ClN3O3. The molecule has 0 bridgehead atoms. The highest BCUT2D eigenvalue weighted by Crippen LogP contribution is 2.29. The Morgan fingerprint density at radius 3 is 2.30 bits per heavy atom. The molecule has 0 spiro atoms. The van der Waals surface area contributed by atoms with Crippen LogP contribution in [0.3, 0.4) is 0 Å². The fourth-order valence-electron chi connectivity index (χ4n) is 3.27. The van der Waals surface area contributed by atoms with E-state index in [0.29, 0.717) is 35.3 Å². The Kier molecular flexibility index (Phi) is 4.61. The summed E-state index contributed by atoms with van der Waals surface area (Å²) in [6.07, 6.45) is 1.51. The fourth-order valence-corrected chi connectivity index (χ4v) is 3.53. The lowest BCUT2D eigenvalue weighted by molar-refractivity contribution is 0.488. The molecule has 7 heteroatoms. The van der Waals surface area contributed by atoms with Crippen LogP contribution in [0.1, 0.15) is 5.56 Å². The van der Waals surface area contributed by atoms with E-state index in [1.165, 1.54) is 6.26 Å². The van der Waals surface area contributed by atoms with Crippen LogP contribution in [0, 0.1) is 11.3 Å².